The lowest BCUT2D eigenvalue weighted by Gasteiger charge is -2.26. The van der Waals surface area contributed by atoms with Gasteiger partial charge in [-0.2, -0.15) is 13.2 Å². The van der Waals surface area contributed by atoms with Crippen LogP contribution in [0.25, 0.3) is 0 Å². The maximum absolute atomic E-state index is 12.7. The summed E-state index contributed by atoms with van der Waals surface area (Å²) >= 11 is 0. The molecule has 0 aliphatic carbocycles. The van der Waals surface area contributed by atoms with Crippen molar-refractivity contribution in [1.82, 2.24) is 4.90 Å². The topological polar surface area (TPSA) is 66.5 Å². The number of sulfonamides is 1. The van der Waals surface area contributed by atoms with Gasteiger partial charge in [-0.05, 0) is 42.8 Å². The largest absolute Gasteiger partial charge is 0.416 e. The third-order valence-electron chi connectivity index (χ3n) is 4.03. The molecule has 2 aromatic rings. The van der Waals surface area contributed by atoms with Gasteiger partial charge in [0.05, 0.1) is 17.9 Å². The molecule has 0 heterocycles. The molecule has 0 radical (unpaired) electrons. The molecule has 1 atom stereocenters. The molecule has 0 bridgehead atoms. The maximum atomic E-state index is 12.7. The fourth-order valence-corrected chi connectivity index (χ4v) is 3.04. The molecule has 0 unspecified atom stereocenters. The molecule has 0 saturated heterocycles. The Morgan fingerprint density at radius 1 is 1.11 bits per heavy atom. The van der Waals surface area contributed by atoms with E-state index in [4.69, 9.17) is 0 Å². The summed E-state index contributed by atoms with van der Waals surface area (Å²) < 4.78 is 62.9. The number of carbonyl (C=O) groups is 1. The zero-order valence-electron chi connectivity index (χ0n) is 14.9. The van der Waals surface area contributed by atoms with E-state index in [0.29, 0.717) is 5.56 Å². The van der Waals surface area contributed by atoms with Gasteiger partial charge < -0.3 is 4.90 Å². The Morgan fingerprint density at radius 3 is 2.22 bits per heavy atom. The summed E-state index contributed by atoms with van der Waals surface area (Å²) in [6.45, 7) is 1.69. The Balaban J connectivity index is 2.20. The molecule has 0 aliphatic heterocycles. The molecule has 0 fully saturated rings. The first-order valence-corrected chi connectivity index (χ1v) is 9.80. The SMILES string of the molecule is C[C@@H](c1ccc(C(F)(F)F)cc1)N(C)C(=O)c1cccc(NS(C)(=O)=O)c1. The van der Waals surface area contributed by atoms with E-state index in [9.17, 15) is 26.4 Å². The molecule has 1 N–H and O–H groups in total. The monoisotopic (exact) mass is 400 g/mol. The highest BCUT2D eigenvalue weighted by molar-refractivity contribution is 7.92. The lowest BCUT2D eigenvalue weighted by atomic mass is 10.0. The van der Waals surface area contributed by atoms with Gasteiger partial charge in [0.2, 0.25) is 10.0 Å². The molecule has 0 aliphatic rings. The molecule has 0 saturated carbocycles. The number of carbonyl (C=O) groups excluding carboxylic acids is 1. The third-order valence-corrected chi connectivity index (χ3v) is 4.64. The van der Waals surface area contributed by atoms with Crippen LogP contribution in [0.4, 0.5) is 18.9 Å². The minimum atomic E-state index is -4.42. The molecule has 9 heteroatoms. The van der Waals surface area contributed by atoms with Crippen LogP contribution in [-0.2, 0) is 16.2 Å². The van der Waals surface area contributed by atoms with Gasteiger partial charge in [-0.15, -0.1) is 0 Å². The fourth-order valence-electron chi connectivity index (χ4n) is 2.48. The van der Waals surface area contributed by atoms with Crippen molar-refractivity contribution in [3.63, 3.8) is 0 Å². The van der Waals surface area contributed by atoms with Crippen molar-refractivity contribution >= 4 is 21.6 Å². The van der Waals surface area contributed by atoms with Gasteiger partial charge in [0.1, 0.15) is 0 Å². The molecule has 2 aromatic carbocycles. The zero-order chi connectivity index (χ0) is 20.4. The Labute approximate surface area is 155 Å². The fraction of sp³-hybridized carbons (Fsp3) is 0.278. The van der Waals surface area contributed by atoms with Gasteiger partial charge in [-0.1, -0.05) is 18.2 Å². The molecule has 5 nitrogen and oxygen atoms in total. The zero-order valence-corrected chi connectivity index (χ0v) is 15.7. The molecule has 0 spiro atoms. The number of anilines is 1. The van der Waals surface area contributed by atoms with Crippen LogP contribution in [-0.4, -0.2) is 32.5 Å². The lowest BCUT2D eigenvalue weighted by Crippen LogP contribution is -2.29. The molecular weight excluding hydrogens is 381 g/mol. The van der Waals surface area contributed by atoms with E-state index in [1.54, 1.807) is 6.92 Å². The first-order chi connectivity index (χ1) is 12.4. The van der Waals surface area contributed by atoms with Crippen LogP contribution in [0.3, 0.4) is 0 Å². The van der Waals surface area contributed by atoms with Crippen molar-refractivity contribution in [3.05, 3.63) is 65.2 Å². The summed E-state index contributed by atoms with van der Waals surface area (Å²) in [6.07, 6.45) is -3.42. The van der Waals surface area contributed by atoms with Crippen LogP contribution in [0, 0.1) is 0 Å². The highest BCUT2D eigenvalue weighted by Gasteiger charge is 2.30. The second kappa shape index (κ2) is 7.59. The van der Waals surface area contributed by atoms with Gasteiger partial charge in [-0.25, -0.2) is 8.42 Å². The van der Waals surface area contributed by atoms with Crippen LogP contribution >= 0.6 is 0 Å². The van der Waals surface area contributed by atoms with Gasteiger partial charge in [-0.3, -0.25) is 9.52 Å². The van der Waals surface area contributed by atoms with E-state index in [1.165, 1.54) is 48.3 Å². The van der Waals surface area contributed by atoms with Crippen molar-refractivity contribution in [3.8, 4) is 0 Å². The number of halogens is 3. The van der Waals surface area contributed by atoms with E-state index in [0.717, 1.165) is 18.4 Å². The predicted molar refractivity (Wildman–Crippen MR) is 96.9 cm³/mol. The summed E-state index contributed by atoms with van der Waals surface area (Å²) in [4.78, 5) is 14.0. The Hall–Kier alpha value is -2.55. The minimum Gasteiger partial charge on any atom is -0.335 e. The van der Waals surface area contributed by atoms with Gasteiger partial charge in [0, 0.05) is 18.3 Å². The third kappa shape index (κ3) is 5.46. The van der Waals surface area contributed by atoms with Crippen LogP contribution in [0.2, 0.25) is 0 Å². The number of amides is 1. The van der Waals surface area contributed by atoms with Crippen LogP contribution in [0.1, 0.15) is 34.5 Å². The van der Waals surface area contributed by atoms with Crippen molar-refractivity contribution in [2.24, 2.45) is 0 Å². The average molecular weight is 400 g/mol. The predicted octanol–water partition coefficient (Wildman–Crippen LogP) is 3.91. The second-order valence-corrected chi connectivity index (χ2v) is 7.92. The molecule has 146 valence electrons. The number of nitrogens with zero attached hydrogens (tertiary/aromatic N) is 1. The van der Waals surface area contributed by atoms with E-state index < -0.39 is 27.8 Å². The number of alkyl halides is 3. The lowest BCUT2D eigenvalue weighted by molar-refractivity contribution is -0.137. The number of benzene rings is 2. The second-order valence-electron chi connectivity index (χ2n) is 6.17. The highest BCUT2D eigenvalue weighted by Crippen LogP contribution is 2.31. The molecule has 0 aromatic heterocycles. The van der Waals surface area contributed by atoms with Crippen molar-refractivity contribution < 1.29 is 26.4 Å². The summed E-state index contributed by atoms with van der Waals surface area (Å²) in [5.41, 5.74) is 0.292. The standard InChI is InChI=1S/C18H19F3N2O3S/c1-12(13-7-9-15(10-8-13)18(19,20)21)23(2)17(24)14-5-4-6-16(11-14)22-27(3,25)26/h4-12,22H,1-3H3/t12-/m0/s1. The Kier molecular flexibility index (Phi) is 5.84. The number of nitrogens with one attached hydrogen (secondary N) is 1. The smallest absolute Gasteiger partial charge is 0.335 e. The summed E-state index contributed by atoms with van der Waals surface area (Å²) in [7, 11) is -1.95. The van der Waals surface area contributed by atoms with Crippen LogP contribution < -0.4 is 4.72 Å². The maximum Gasteiger partial charge on any atom is 0.416 e. The summed E-state index contributed by atoms with van der Waals surface area (Å²) in [5, 5.41) is 0. The normalized spacial score (nSPS) is 13.1. The summed E-state index contributed by atoms with van der Waals surface area (Å²) in [6, 6.07) is 10.1. The number of hydrogen-bond donors (Lipinski definition) is 1. The number of hydrogen-bond acceptors (Lipinski definition) is 3. The average Bonchev–Trinajstić information content (AvgIpc) is 2.58. The van der Waals surface area contributed by atoms with Gasteiger partial charge >= 0.3 is 6.18 Å². The minimum absolute atomic E-state index is 0.249. The molecule has 2 rings (SSSR count). The van der Waals surface area contributed by atoms with Gasteiger partial charge in [0.15, 0.2) is 0 Å². The van der Waals surface area contributed by atoms with Crippen LogP contribution in [0.15, 0.2) is 48.5 Å². The van der Waals surface area contributed by atoms with E-state index in [2.05, 4.69) is 4.72 Å². The first-order valence-electron chi connectivity index (χ1n) is 7.90. The van der Waals surface area contributed by atoms with E-state index in [1.807, 2.05) is 0 Å². The van der Waals surface area contributed by atoms with Crippen molar-refractivity contribution in [1.29, 1.82) is 0 Å². The highest BCUT2D eigenvalue weighted by atomic mass is 32.2. The van der Waals surface area contributed by atoms with Crippen LogP contribution in [0.5, 0.6) is 0 Å². The summed E-state index contributed by atoms with van der Waals surface area (Å²) in [5.74, 6) is -0.389. The number of rotatable bonds is 5. The van der Waals surface area contributed by atoms with Crippen molar-refractivity contribution in [2.45, 2.75) is 19.1 Å². The Bertz CT molecular complexity index is 926. The molecule has 1 amide bonds. The molecular formula is C18H19F3N2O3S. The quantitative estimate of drug-likeness (QED) is 0.828. The molecule has 27 heavy (non-hydrogen) atoms. The van der Waals surface area contributed by atoms with Gasteiger partial charge in [0.25, 0.3) is 5.91 Å². The van der Waals surface area contributed by atoms with E-state index in [-0.39, 0.29) is 17.2 Å². The Morgan fingerprint density at radius 2 is 1.70 bits per heavy atom. The first kappa shape index (κ1) is 20.8. The van der Waals surface area contributed by atoms with Crippen molar-refractivity contribution in [2.75, 3.05) is 18.0 Å². The van der Waals surface area contributed by atoms with E-state index >= 15 is 0 Å².